The van der Waals surface area contributed by atoms with E-state index in [-0.39, 0.29) is 30.5 Å². The zero-order valence-electron chi connectivity index (χ0n) is 15.5. The third kappa shape index (κ3) is 4.13. The molecule has 1 aliphatic rings. The Balaban J connectivity index is 1.55. The Kier molecular flexibility index (Phi) is 5.55. The topological polar surface area (TPSA) is 94.8 Å². The maximum atomic E-state index is 12.9. The SMILES string of the molecule is COc1cccc(-c2noc(C3CN(S(=O)(=O)c4cccc(Cl)c4)CCO3)n2)c1. The van der Waals surface area contributed by atoms with E-state index in [1.54, 1.807) is 25.3 Å². The molecule has 152 valence electrons. The molecule has 2 heterocycles. The van der Waals surface area contributed by atoms with E-state index in [2.05, 4.69) is 10.1 Å². The van der Waals surface area contributed by atoms with Crippen LogP contribution in [0.1, 0.15) is 12.0 Å². The fraction of sp³-hybridized carbons (Fsp3) is 0.263. The van der Waals surface area contributed by atoms with Gasteiger partial charge in [-0.25, -0.2) is 8.42 Å². The van der Waals surface area contributed by atoms with Crippen molar-refractivity contribution in [2.24, 2.45) is 0 Å². The predicted octanol–water partition coefficient (Wildman–Crippen LogP) is 3.16. The van der Waals surface area contributed by atoms with Crippen LogP contribution < -0.4 is 4.74 Å². The molecule has 1 aliphatic heterocycles. The highest BCUT2D eigenvalue weighted by Crippen LogP contribution is 2.28. The number of hydrogen-bond donors (Lipinski definition) is 0. The molecule has 10 heteroatoms. The lowest BCUT2D eigenvalue weighted by molar-refractivity contribution is -0.0199. The molecule has 2 aromatic carbocycles. The van der Waals surface area contributed by atoms with Gasteiger partial charge in [0.2, 0.25) is 15.8 Å². The molecule has 29 heavy (non-hydrogen) atoms. The van der Waals surface area contributed by atoms with Gasteiger partial charge in [0.05, 0.1) is 18.6 Å². The second-order valence-electron chi connectivity index (χ2n) is 6.37. The van der Waals surface area contributed by atoms with E-state index in [4.69, 9.17) is 25.6 Å². The van der Waals surface area contributed by atoms with Crippen molar-refractivity contribution in [1.29, 1.82) is 0 Å². The summed E-state index contributed by atoms with van der Waals surface area (Å²) in [6, 6.07) is 13.4. The molecule has 0 saturated carbocycles. The monoisotopic (exact) mass is 435 g/mol. The van der Waals surface area contributed by atoms with Gasteiger partial charge in [-0.15, -0.1) is 0 Å². The highest BCUT2D eigenvalue weighted by Gasteiger charge is 2.34. The van der Waals surface area contributed by atoms with E-state index >= 15 is 0 Å². The average molecular weight is 436 g/mol. The zero-order chi connectivity index (χ0) is 20.4. The van der Waals surface area contributed by atoms with E-state index in [0.29, 0.717) is 16.6 Å². The van der Waals surface area contributed by atoms with Crippen LogP contribution in [0.25, 0.3) is 11.4 Å². The molecule has 8 nitrogen and oxygen atoms in total. The van der Waals surface area contributed by atoms with Crippen LogP contribution in [0, 0.1) is 0 Å². The van der Waals surface area contributed by atoms with E-state index in [1.807, 2.05) is 18.2 Å². The molecule has 1 aromatic heterocycles. The Morgan fingerprint density at radius 1 is 1.21 bits per heavy atom. The molecule has 0 aliphatic carbocycles. The fourth-order valence-electron chi connectivity index (χ4n) is 3.02. The number of morpholine rings is 1. The fourth-order valence-corrected chi connectivity index (χ4v) is 4.74. The minimum absolute atomic E-state index is 0.0641. The van der Waals surface area contributed by atoms with Gasteiger partial charge in [0, 0.05) is 23.7 Å². The van der Waals surface area contributed by atoms with Gasteiger partial charge in [-0.1, -0.05) is 35.0 Å². The minimum atomic E-state index is -3.72. The van der Waals surface area contributed by atoms with Gasteiger partial charge in [-0.2, -0.15) is 9.29 Å². The number of benzene rings is 2. The first-order chi connectivity index (χ1) is 14.0. The maximum absolute atomic E-state index is 12.9. The highest BCUT2D eigenvalue weighted by molar-refractivity contribution is 7.89. The lowest BCUT2D eigenvalue weighted by Gasteiger charge is -2.30. The van der Waals surface area contributed by atoms with E-state index in [9.17, 15) is 8.42 Å². The normalized spacial score (nSPS) is 17.9. The molecule has 0 bridgehead atoms. The first-order valence-electron chi connectivity index (χ1n) is 8.83. The molecule has 1 unspecified atom stereocenters. The third-order valence-electron chi connectivity index (χ3n) is 4.51. The maximum Gasteiger partial charge on any atom is 0.257 e. The number of halogens is 1. The first kappa shape index (κ1) is 19.8. The molecule has 1 atom stereocenters. The molecule has 0 radical (unpaired) electrons. The van der Waals surface area contributed by atoms with Gasteiger partial charge >= 0.3 is 0 Å². The summed E-state index contributed by atoms with van der Waals surface area (Å²) in [5, 5.41) is 4.34. The number of methoxy groups -OCH3 is 1. The largest absolute Gasteiger partial charge is 0.497 e. The van der Waals surface area contributed by atoms with Crippen molar-refractivity contribution in [3.05, 3.63) is 59.4 Å². The summed E-state index contributed by atoms with van der Waals surface area (Å²) >= 11 is 5.95. The quantitative estimate of drug-likeness (QED) is 0.607. The lowest BCUT2D eigenvalue weighted by atomic mass is 10.2. The van der Waals surface area contributed by atoms with Gasteiger partial charge in [0.25, 0.3) is 5.89 Å². The van der Waals surface area contributed by atoms with Crippen molar-refractivity contribution in [3.8, 4) is 17.1 Å². The van der Waals surface area contributed by atoms with Gasteiger partial charge in [-0.3, -0.25) is 0 Å². The molecule has 4 rings (SSSR count). The van der Waals surface area contributed by atoms with Crippen LogP contribution in [0.3, 0.4) is 0 Å². The van der Waals surface area contributed by atoms with E-state index < -0.39 is 16.1 Å². The number of ether oxygens (including phenoxy) is 2. The molecule has 3 aromatic rings. The molecule has 0 amide bonds. The van der Waals surface area contributed by atoms with Crippen LogP contribution in [0.4, 0.5) is 0 Å². The Hall–Kier alpha value is -2.46. The standard InChI is InChI=1S/C19H18ClN3O5S/c1-26-15-6-2-4-13(10-15)18-21-19(28-22-18)17-12-23(8-9-27-17)29(24,25)16-7-3-5-14(20)11-16/h2-7,10-11,17H,8-9,12H2,1H3. The van der Waals surface area contributed by atoms with Crippen molar-refractivity contribution >= 4 is 21.6 Å². The third-order valence-corrected chi connectivity index (χ3v) is 6.60. The minimum Gasteiger partial charge on any atom is -0.497 e. The molecule has 1 fully saturated rings. The summed E-state index contributed by atoms with van der Waals surface area (Å²) in [6.07, 6.45) is -0.662. The van der Waals surface area contributed by atoms with Crippen molar-refractivity contribution in [2.45, 2.75) is 11.0 Å². The number of aromatic nitrogens is 2. The molecular formula is C19H18ClN3O5S. The molecule has 0 N–H and O–H groups in total. The summed E-state index contributed by atoms with van der Waals surface area (Å²) in [5.41, 5.74) is 0.721. The van der Waals surface area contributed by atoms with Crippen LogP contribution >= 0.6 is 11.6 Å². The van der Waals surface area contributed by atoms with Crippen molar-refractivity contribution in [3.63, 3.8) is 0 Å². The van der Waals surface area contributed by atoms with Crippen LogP contribution in [-0.4, -0.2) is 49.7 Å². The van der Waals surface area contributed by atoms with Gasteiger partial charge in [0.15, 0.2) is 6.10 Å². The Labute approximate surface area is 173 Å². The van der Waals surface area contributed by atoms with Crippen LogP contribution in [-0.2, 0) is 14.8 Å². The summed E-state index contributed by atoms with van der Waals surface area (Å²) in [5.74, 6) is 1.26. The lowest BCUT2D eigenvalue weighted by Crippen LogP contribution is -2.42. The Morgan fingerprint density at radius 2 is 2.03 bits per heavy atom. The number of rotatable bonds is 5. The van der Waals surface area contributed by atoms with Crippen molar-refractivity contribution in [2.75, 3.05) is 26.8 Å². The van der Waals surface area contributed by atoms with Crippen LogP contribution in [0.5, 0.6) is 5.75 Å². The second kappa shape index (κ2) is 8.11. The number of sulfonamides is 1. The summed E-state index contributed by atoms with van der Waals surface area (Å²) in [7, 11) is -2.14. The van der Waals surface area contributed by atoms with Gasteiger partial charge in [-0.05, 0) is 30.3 Å². The van der Waals surface area contributed by atoms with Crippen molar-refractivity contribution in [1.82, 2.24) is 14.4 Å². The Morgan fingerprint density at radius 3 is 2.83 bits per heavy atom. The van der Waals surface area contributed by atoms with Crippen LogP contribution in [0.15, 0.2) is 57.9 Å². The van der Waals surface area contributed by atoms with Gasteiger partial charge in [0.1, 0.15) is 5.75 Å². The summed E-state index contributed by atoms with van der Waals surface area (Å²) in [4.78, 5) is 4.51. The highest BCUT2D eigenvalue weighted by atomic mass is 35.5. The molecular weight excluding hydrogens is 418 g/mol. The number of hydrogen-bond acceptors (Lipinski definition) is 7. The first-order valence-corrected chi connectivity index (χ1v) is 10.6. The van der Waals surface area contributed by atoms with Gasteiger partial charge < -0.3 is 14.0 Å². The Bertz CT molecular complexity index is 1120. The zero-order valence-corrected chi connectivity index (χ0v) is 17.1. The second-order valence-corrected chi connectivity index (χ2v) is 8.74. The van der Waals surface area contributed by atoms with E-state index in [1.165, 1.54) is 16.4 Å². The van der Waals surface area contributed by atoms with Crippen molar-refractivity contribution < 1.29 is 22.4 Å². The molecule has 0 spiro atoms. The van der Waals surface area contributed by atoms with Crippen LogP contribution in [0.2, 0.25) is 5.02 Å². The molecule has 1 saturated heterocycles. The smallest absolute Gasteiger partial charge is 0.257 e. The summed E-state index contributed by atoms with van der Waals surface area (Å²) < 4.78 is 43.5. The average Bonchev–Trinajstić information content (AvgIpc) is 3.24. The number of nitrogens with zero attached hydrogens (tertiary/aromatic N) is 3. The predicted molar refractivity (Wildman–Crippen MR) is 105 cm³/mol. The van der Waals surface area contributed by atoms with E-state index in [0.717, 1.165) is 5.56 Å². The summed E-state index contributed by atoms with van der Waals surface area (Å²) in [6.45, 7) is 0.498.